The number of hydrogen-bond donors (Lipinski definition) is 2. The molecule has 152 valence electrons. The Bertz CT molecular complexity index is 785. The quantitative estimate of drug-likeness (QED) is 0.506. The number of hydrogen-bond acceptors (Lipinski definition) is 4. The van der Waals surface area contributed by atoms with Crippen LogP contribution in [0.1, 0.15) is 11.1 Å². The van der Waals surface area contributed by atoms with Crippen LogP contribution in [0.4, 0.5) is 8.78 Å². The van der Waals surface area contributed by atoms with E-state index >= 15 is 0 Å². The van der Waals surface area contributed by atoms with Gasteiger partial charge in [-0.2, -0.15) is 8.78 Å². The summed E-state index contributed by atoms with van der Waals surface area (Å²) in [7, 11) is 4.87. The lowest BCUT2D eigenvalue weighted by atomic mass is 10.1. The molecule has 0 aliphatic carbocycles. The number of benzene rings is 2. The van der Waals surface area contributed by atoms with Gasteiger partial charge in [0.15, 0.2) is 17.5 Å². The maximum Gasteiger partial charge on any atom is 0.387 e. The Balaban J connectivity index is 1.83. The van der Waals surface area contributed by atoms with E-state index < -0.39 is 6.61 Å². The molecule has 2 aromatic carbocycles. The topological polar surface area (TPSA) is 64.1 Å². The van der Waals surface area contributed by atoms with Crippen LogP contribution in [-0.4, -0.2) is 40.4 Å². The Morgan fingerprint density at radius 3 is 2.46 bits per heavy atom. The van der Waals surface area contributed by atoms with E-state index in [9.17, 15) is 8.78 Å². The lowest BCUT2D eigenvalue weighted by Crippen LogP contribution is -2.37. The van der Waals surface area contributed by atoms with Crippen LogP contribution < -0.4 is 24.8 Å². The van der Waals surface area contributed by atoms with Gasteiger partial charge in [0.2, 0.25) is 0 Å². The van der Waals surface area contributed by atoms with Gasteiger partial charge in [-0.15, -0.1) is 0 Å². The predicted molar refractivity (Wildman–Crippen MR) is 105 cm³/mol. The molecular formula is C20H25F2N3O3. The minimum Gasteiger partial charge on any atom is -0.493 e. The number of rotatable bonds is 9. The van der Waals surface area contributed by atoms with E-state index in [2.05, 4.69) is 20.4 Å². The predicted octanol–water partition coefficient (Wildman–Crippen LogP) is 3.21. The second-order valence-electron chi connectivity index (χ2n) is 5.82. The van der Waals surface area contributed by atoms with Crippen LogP contribution >= 0.6 is 0 Å². The summed E-state index contributed by atoms with van der Waals surface area (Å²) in [6.45, 7) is -1.76. The van der Waals surface area contributed by atoms with E-state index in [-0.39, 0.29) is 5.75 Å². The Morgan fingerprint density at radius 2 is 1.79 bits per heavy atom. The molecule has 0 bridgehead atoms. The molecule has 28 heavy (non-hydrogen) atoms. The van der Waals surface area contributed by atoms with Crippen molar-refractivity contribution in [3.8, 4) is 17.2 Å². The highest BCUT2D eigenvalue weighted by molar-refractivity contribution is 5.79. The molecule has 2 rings (SSSR count). The molecule has 6 nitrogen and oxygen atoms in total. The molecule has 0 heterocycles. The summed E-state index contributed by atoms with van der Waals surface area (Å²) in [5.74, 6) is 2.12. The molecule has 0 aromatic heterocycles. The van der Waals surface area contributed by atoms with Gasteiger partial charge in [-0.3, -0.25) is 4.99 Å². The van der Waals surface area contributed by atoms with E-state index in [4.69, 9.17) is 9.47 Å². The van der Waals surface area contributed by atoms with Crippen LogP contribution in [0.3, 0.4) is 0 Å². The van der Waals surface area contributed by atoms with Gasteiger partial charge in [0.1, 0.15) is 5.75 Å². The number of methoxy groups -OCH3 is 2. The van der Waals surface area contributed by atoms with Crippen molar-refractivity contribution in [3.63, 3.8) is 0 Å². The summed E-state index contributed by atoms with van der Waals surface area (Å²) in [5, 5.41) is 6.36. The normalized spacial score (nSPS) is 11.3. The molecule has 0 atom stereocenters. The first kappa shape index (κ1) is 21.3. The first-order chi connectivity index (χ1) is 13.5. The molecule has 2 N–H and O–H groups in total. The SMILES string of the molecule is CN=C(NCCc1ccc(OC)c(OC)c1)NCc1cccc(OC(F)F)c1. The zero-order valence-corrected chi connectivity index (χ0v) is 16.2. The fourth-order valence-electron chi connectivity index (χ4n) is 2.60. The largest absolute Gasteiger partial charge is 0.493 e. The van der Waals surface area contributed by atoms with Crippen molar-refractivity contribution in [1.29, 1.82) is 0 Å². The lowest BCUT2D eigenvalue weighted by Gasteiger charge is -2.13. The fraction of sp³-hybridized carbons (Fsp3) is 0.350. The summed E-state index contributed by atoms with van der Waals surface area (Å²) in [6.07, 6.45) is 0.763. The summed E-state index contributed by atoms with van der Waals surface area (Å²) < 4.78 is 39.6. The lowest BCUT2D eigenvalue weighted by molar-refractivity contribution is -0.0498. The molecule has 0 fully saturated rings. The first-order valence-corrected chi connectivity index (χ1v) is 8.75. The third-order valence-corrected chi connectivity index (χ3v) is 3.96. The first-order valence-electron chi connectivity index (χ1n) is 8.75. The summed E-state index contributed by atoms with van der Waals surface area (Å²) >= 11 is 0. The van der Waals surface area contributed by atoms with E-state index in [0.717, 1.165) is 17.5 Å². The fourth-order valence-corrected chi connectivity index (χ4v) is 2.60. The number of alkyl halides is 2. The van der Waals surface area contributed by atoms with Crippen molar-refractivity contribution in [2.45, 2.75) is 19.6 Å². The summed E-state index contributed by atoms with van der Waals surface area (Å²) in [6, 6.07) is 12.3. The molecule has 0 spiro atoms. The van der Waals surface area contributed by atoms with Crippen LogP contribution in [-0.2, 0) is 13.0 Å². The summed E-state index contributed by atoms with van der Waals surface area (Å²) in [4.78, 5) is 4.16. The van der Waals surface area contributed by atoms with Gasteiger partial charge < -0.3 is 24.8 Å². The average Bonchev–Trinajstić information content (AvgIpc) is 2.70. The third kappa shape index (κ3) is 6.61. The Kier molecular flexibility index (Phi) is 8.33. The minimum atomic E-state index is -2.84. The van der Waals surface area contributed by atoms with Crippen molar-refractivity contribution in [2.75, 3.05) is 27.8 Å². The number of halogens is 2. The monoisotopic (exact) mass is 393 g/mol. The standard InChI is InChI=1S/C20H25F2N3O3/c1-23-20(25-13-15-5-4-6-16(11-15)28-19(21)22)24-10-9-14-7-8-17(26-2)18(12-14)27-3/h4-8,11-12,19H,9-10,13H2,1-3H3,(H2,23,24,25). The highest BCUT2D eigenvalue weighted by Crippen LogP contribution is 2.27. The highest BCUT2D eigenvalue weighted by atomic mass is 19.3. The molecular weight excluding hydrogens is 368 g/mol. The summed E-state index contributed by atoms with van der Waals surface area (Å²) in [5.41, 5.74) is 1.90. The van der Waals surface area contributed by atoms with Crippen molar-refractivity contribution in [3.05, 3.63) is 53.6 Å². The Hall–Kier alpha value is -3.03. The van der Waals surface area contributed by atoms with Gasteiger partial charge >= 0.3 is 6.61 Å². The number of guanidine groups is 1. The van der Waals surface area contributed by atoms with Crippen LogP contribution in [0.15, 0.2) is 47.5 Å². The second kappa shape index (κ2) is 11.0. The van der Waals surface area contributed by atoms with Crippen molar-refractivity contribution in [1.82, 2.24) is 10.6 Å². The molecule has 2 aromatic rings. The molecule has 0 aliphatic heterocycles. The number of aliphatic imine (C=N–C) groups is 1. The van der Waals surface area contributed by atoms with Crippen LogP contribution in [0.5, 0.6) is 17.2 Å². The average molecular weight is 393 g/mol. The van der Waals surface area contributed by atoms with Crippen molar-refractivity contribution >= 4 is 5.96 Å². The number of ether oxygens (including phenoxy) is 3. The van der Waals surface area contributed by atoms with E-state index in [1.54, 1.807) is 33.4 Å². The molecule has 0 amide bonds. The molecule has 0 radical (unpaired) electrons. The zero-order valence-electron chi connectivity index (χ0n) is 16.2. The van der Waals surface area contributed by atoms with Gasteiger partial charge in [0.05, 0.1) is 14.2 Å². The molecule has 8 heteroatoms. The molecule has 0 saturated heterocycles. The van der Waals surface area contributed by atoms with E-state index in [1.165, 1.54) is 6.07 Å². The maximum absolute atomic E-state index is 12.3. The zero-order chi connectivity index (χ0) is 20.4. The molecule has 0 unspecified atom stereocenters. The van der Waals surface area contributed by atoms with Crippen LogP contribution in [0.25, 0.3) is 0 Å². The molecule has 0 aliphatic rings. The third-order valence-electron chi connectivity index (χ3n) is 3.96. The highest BCUT2D eigenvalue weighted by Gasteiger charge is 2.06. The van der Waals surface area contributed by atoms with Gasteiger partial charge in [-0.25, -0.2) is 0 Å². The maximum atomic E-state index is 12.3. The van der Waals surface area contributed by atoms with Crippen molar-refractivity contribution in [2.24, 2.45) is 4.99 Å². The van der Waals surface area contributed by atoms with Crippen LogP contribution in [0.2, 0.25) is 0 Å². The second-order valence-corrected chi connectivity index (χ2v) is 5.82. The number of nitrogens with zero attached hydrogens (tertiary/aromatic N) is 1. The van der Waals surface area contributed by atoms with Gasteiger partial charge in [-0.1, -0.05) is 18.2 Å². The molecule has 0 saturated carbocycles. The minimum absolute atomic E-state index is 0.130. The Morgan fingerprint density at radius 1 is 1.00 bits per heavy atom. The van der Waals surface area contributed by atoms with Gasteiger partial charge in [0.25, 0.3) is 0 Å². The van der Waals surface area contributed by atoms with Crippen molar-refractivity contribution < 1.29 is 23.0 Å². The number of nitrogens with one attached hydrogen (secondary N) is 2. The smallest absolute Gasteiger partial charge is 0.387 e. The van der Waals surface area contributed by atoms with Gasteiger partial charge in [0, 0.05) is 20.1 Å². The van der Waals surface area contributed by atoms with Gasteiger partial charge in [-0.05, 0) is 41.8 Å². The Labute approximate surface area is 163 Å². The van der Waals surface area contributed by atoms with Crippen LogP contribution in [0, 0.1) is 0 Å². The van der Waals surface area contributed by atoms with E-state index in [1.807, 2.05) is 24.3 Å². The van der Waals surface area contributed by atoms with E-state index in [0.29, 0.717) is 30.5 Å².